The number of aromatic hydroxyl groups is 1. The summed E-state index contributed by atoms with van der Waals surface area (Å²) in [5.74, 6) is 3.96. The fourth-order valence-corrected chi connectivity index (χ4v) is 3.05. The number of phenolic OH excluding ortho intramolecular Hbond substituents is 1. The van der Waals surface area contributed by atoms with E-state index < -0.39 is 0 Å². The molecule has 0 amide bonds. The molecule has 0 radical (unpaired) electrons. The van der Waals surface area contributed by atoms with Gasteiger partial charge in [-0.25, -0.2) is 0 Å². The molecule has 130 valence electrons. The van der Waals surface area contributed by atoms with E-state index in [1.807, 2.05) is 30.3 Å². The summed E-state index contributed by atoms with van der Waals surface area (Å²) in [6, 6.07) is 16.6. The summed E-state index contributed by atoms with van der Waals surface area (Å²) in [5.41, 5.74) is 0.805. The standard InChI is InChI=1S/C19H20N2O3S/c22-16-10-8-15(9-11-16)19-21-20-18(24-19)14-25-13-5-4-12-23-17-6-2-1-3-7-17/h1-3,6-11,22H,4-5,12-14H2. The number of nitrogens with zero attached hydrogens (tertiary/aromatic N) is 2. The first-order chi connectivity index (χ1) is 12.3. The highest BCUT2D eigenvalue weighted by molar-refractivity contribution is 7.98. The Bertz CT molecular complexity index is 760. The predicted octanol–water partition coefficient (Wildman–Crippen LogP) is 4.53. The first kappa shape index (κ1) is 17.4. The molecule has 0 unspecified atom stereocenters. The molecule has 3 aromatic rings. The van der Waals surface area contributed by atoms with Gasteiger partial charge in [-0.1, -0.05) is 18.2 Å². The van der Waals surface area contributed by atoms with Gasteiger partial charge in [-0.2, -0.15) is 11.8 Å². The Balaban J connectivity index is 1.32. The van der Waals surface area contributed by atoms with Crippen LogP contribution in [0.15, 0.2) is 59.0 Å². The second-order valence-electron chi connectivity index (χ2n) is 5.47. The van der Waals surface area contributed by atoms with Crippen LogP contribution in [0.1, 0.15) is 18.7 Å². The van der Waals surface area contributed by atoms with Crippen LogP contribution in [0.2, 0.25) is 0 Å². The fourth-order valence-electron chi connectivity index (χ4n) is 2.21. The Kier molecular flexibility index (Phi) is 6.34. The monoisotopic (exact) mass is 356 g/mol. The number of unbranched alkanes of at least 4 members (excludes halogenated alkanes) is 1. The Morgan fingerprint density at radius 1 is 0.960 bits per heavy atom. The summed E-state index contributed by atoms with van der Waals surface area (Å²) in [6.07, 6.45) is 2.10. The minimum atomic E-state index is 0.218. The van der Waals surface area contributed by atoms with Gasteiger partial charge < -0.3 is 14.3 Å². The first-order valence-corrected chi connectivity index (χ1v) is 9.34. The van der Waals surface area contributed by atoms with Crippen molar-refractivity contribution in [1.29, 1.82) is 0 Å². The van der Waals surface area contributed by atoms with Crippen LogP contribution in [0.4, 0.5) is 0 Å². The highest BCUT2D eigenvalue weighted by Gasteiger charge is 2.08. The van der Waals surface area contributed by atoms with Gasteiger partial charge in [-0.05, 0) is 55.0 Å². The van der Waals surface area contributed by atoms with Gasteiger partial charge in [0.25, 0.3) is 0 Å². The molecule has 0 bridgehead atoms. The van der Waals surface area contributed by atoms with E-state index in [9.17, 15) is 5.11 Å². The number of para-hydroxylation sites is 1. The van der Waals surface area contributed by atoms with Crippen LogP contribution in [-0.2, 0) is 5.75 Å². The number of ether oxygens (including phenoxy) is 1. The van der Waals surface area contributed by atoms with Gasteiger partial charge in [-0.15, -0.1) is 10.2 Å². The molecule has 0 aliphatic carbocycles. The topological polar surface area (TPSA) is 68.4 Å². The van der Waals surface area contributed by atoms with E-state index in [1.54, 1.807) is 36.0 Å². The van der Waals surface area contributed by atoms with Crippen LogP contribution >= 0.6 is 11.8 Å². The average Bonchev–Trinajstić information content (AvgIpc) is 3.11. The third kappa shape index (κ3) is 5.53. The number of phenols is 1. The normalized spacial score (nSPS) is 10.7. The van der Waals surface area contributed by atoms with Crippen molar-refractivity contribution in [3.8, 4) is 23.0 Å². The fraction of sp³-hybridized carbons (Fsp3) is 0.263. The molecule has 6 heteroatoms. The third-order valence-electron chi connectivity index (χ3n) is 3.50. The van der Waals surface area contributed by atoms with Crippen molar-refractivity contribution in [2.45, 2.75) is 18.6 Å². The van der Waals surface area contributed by atoms with Crippen LogP contribution < -0.4 is 4.74 Å². The summed E-state index contributed by atoms with van der Waals surface area (Å²) in [7, 11) is 0. The molecule has 3 rings (SSSR count). The van der Waals surface area contributed by atoms with Crippen LogP contribution in [0.25, 0.3) is 11.5 Å². The average molecular weight is 356 g/mol. The third-order valence-corrected chi connectivity index (χ3v) is 4.53. The second kappa shape index (κ2) is 9.13. The van der Waals surface area contributed by atoms with E-state index in [0.717, 1.165) is 36.5 Å². The minimum absolute atomic E-state index is 0.218. The molecule has 0 aliphatic heterocycles. The molecule has 0 saturated carbocycles. The quantitative estimate of drug-likeness (QED) is 0.568. The zero-order chi connectivity index (χ0) is 17.3. The lowest BCUT2D eigenvalue weighted by Crippen LogP contribution is -1.97. The van der Waals surface area contributed by atoms with E-state index in [4.69, 9.17) is 9.15 Å². The molecule has 0 fully saturated rings. The Morgan fingerprint density at radius 3 is 2.56 bits per heavy atom. The number of thioether (sulfide) groups is 1. The molecule has 25 heavy (non-hydrogen) atoms. The van der Waals surface area contributed by atoms with Crippen molar-refractivity contribution in [3.63, 3.8) is 0 Å². The molecule has 2 aromatic carbocycles. The summed E-state index contributed by atoms with van der Waals surface area (Å²) in [5, 5.41) is 17.4. The summed E-state index contributed by atoms with van der Waals surface area (Å²) < 4.78 is 11.3. The van der Waals surface area contributed by atoms with E-state index >= 15 is 0 Å². The molecule has 5 nitrogen and oxygen atoms in total. The number of rotatable bonds is 9. The lowest BCUT2D eigenvalue weighted by Gasteiger charge is -2.05. The van der Waals surface area contributed by atoms with Crippen molar-refractivity contribution < 1.29 is 14.3 Å². The maximum Gasteiger partial charge on any atom is 0.247 e. The van der Waals surface area contributed by atoms with Crippen molar-refractivity contribution in [2.75, 3.05) is 12.4 Å². The Morgan fingerprint density at radius 2 is 1.76 bits per heavy atom. The van der Waals surface area contributed by atoms with Gasteiger partial charge in [0, 0.05) is 5.56 Å². The summed E-state index contributed by atoms with van der Waals surface area (Å²) >= 11 is 1.77. The van der Waals surface area contributed by atoms with Crippen LogP contribution in [0.3, 0.4) is 0 Å². The van der Waals surface area contributed by atoms with Crippen molar-refractivity contribution >= 4 is 11.8 Å². The van der Waals surface area contributed by atoms with Gasteiger partial charge in [0.05, 0.1) is 12.4 Å². The van der Waals surface area contributed by atoms with Crippen LogP contribution in [-0.4, -0.2) is 27.7 Å². The summed E-state index contributed by atoms with van der Waals surface area (Å²) in [4.78, 5) is 0. The molecule has 1 N–H and O–H groups in total. The van der Waals surface area contributed by atoms with Gasteiger partial charge in [-0.3, -0.25) is 0 Å². The Hall–Kier alpha value is -2.47. The lowest BCUT2D eigenvalue weighted by atomic mass is 10.2. The van der Waals surface area contributed by atoms with Crippen LogP contribution in [0.5, 0.6) is 11.5 Å². The van der Waals surface area contributed by atoms with Gasteiger partial charge in [0.2, 0.25) is 11.8 Å². The maximum absolute atomic E-state index is 9.30. The molecule has 1 aromatic heterocycles. The SMILES string of the molecule is Oc1ccc(-c2nnc(CSCCCCOc3ccccc3)o2)cc1. The van der Waals surface area contributed by atoms with E-state index in [0.29, 0.717) is 17.5 Å². The molecule has 0 spiro atoms. The summed E-state index contributed by atoms with van der Waals surface area (Å²) in [6.45, 7) is 0.732. The highest BCUT2D eigenvalue weighted by Crippen LogP contribution is 2.22. The second-order valence-corrected chi connectivity index (χ2v) is 6.57. The van der Waals surface area contributed by atoms with Crippen molar-refractivity contribution in [1.82, 2.24) is 10.2 Å². The van der Waals surface area contributed by atoms with Gasteiger partial charge >= 0.3 is 0 Å². The molecular weight excluding hydrogens is 336 g/mol. The number of benzene rings is 2. The van der Waals surface area contributed by atoms with Crippen molar-refractivity contribution in [2.24, 2.45) is 0 Å². The zero-order valence-electron chi connectivity index (χ0n) is 13.8. The van der Waals surface area contributed by atoms with Gasteiger partial charge in [0.15, 0.2) is 0 Å². The van der Waals surface area contributed by atoms with E-state index in [1.165, 1.54) is 0 Å². The number of hydrogen-bond donors (Lipinski definition) is 1. The molecular formula is C19H20N2O3S. The van der Waals surface area contributed by atoms with E-state index in [-0.39, 0.29) is 5.75 Å². The van der Waals surface area contributed by atoms with E-state index in [2.05, 4.69) is 10.2 Å². The van der Waals surface area contributed by atoms with Crippen molar-refractivity contribution in [3.05, 3.63) is 60.5 Å². The first-order valence-electron chi connectivity index (χ1n) is 8.18. The predicted molar refractivity (Wildman–Crippen MR) is 98.7 cm³/mol. The highest BCUT2D eigenvalue weighted by atomic mass is 32.2. The number of hydrogen-bond acceptors (Lipinski definition) is 6. The number of aromatic nitrogens is 2. The minimum Gasteiger partial charge on any atom is -0.508 e. The smallest absolute Gasteiger partial charge is 0.247 e. The van der Waals surface area contributed by atoms with Gasteiger partial charge in [0.1, 0.15) is 11.5 Å². The molecule has 0 saturated heterocycles. The molecule has 1 heterocycles. The largest absolute Gasteiger partial charge is 0.508 e. The molecule has 0 atom stereocenters. The Labute approximate surface area is 151 Å². The zero-order valence-corrected chi connectivity index (χ0v) is 14.6. The van der Waals surface area contributed by atoms with Crippen LogP contribution in [0, 0.1) is 0 Å². The maximum atomic E-state index is 9.30. The lowest BCUT2D eigenvalue weighted by molar-refractivity contribution is 0.310. The molecule has 0 aliphatic rings.